The van der Waals surface area contributed by atoms with Crippen LogP contribution in [-0.4, -0.2) is 156 Å². The van der Waals surface area contributed by atoms with Gasteiger partial charge in [0.2, 0.25) is 0 Å². The smallest absolute Gasteiger partial charge is 0.475 e. The summed E-state index contributed by atoms with van der Waals surface area (Å²) in [6, 6.07) is 25.8. The van der Waals surface area contributed by atoms with Crippen molar-refractivity contribution in [2.45, 2.75) is 79.2 Å². The summed E-state index contributed by atoms with van der Waals surface area (Å²) in [5.41, 5.74) is 3.68. The van der Waals surface area contributed by atoms with Crippen molar-refractivity contribution in [2.75, 3.05) is 67.9 Å². The molecule has 4 N–H and O–H groups in total. The minimum atomic E-state index is -5.36. The molecule has 4 aliphatic heterocycles. The zero-order valence-electron chi connectivity index (χ0n) is 44.7. The molecular weight excluding hydrogens is 1100 g/mol. The molecule has 4 fully saturated rings. The quantitative estimate of drug-likeness (QED) is 0.0648. The molecule has 3 aromatic carbocycles. The molecule has 11 rings (SSSR count). The van der Waals surface area contributed by atoms with E-state index in [2.05, 4.69) is 24.9 Å². The van der Waals surface area contributed by atoms with Gasteiger partial charge in [0, 0.05) is 45.9 Å². The Hall–Kier alpha value is -7.28. The SMILES string of the molecule is COCC1O[C@@H](n2ccc(=O)[nH]c2=O)[C@H](OC)[C@@H]1OP(=O)(OC[C@H]1O[C@@H](n2cnc3c(N)ncnc32)[C@@H]2OCO[C@@H]21)O[C@@H]1[C@H](OC(c2ccccc2)(c2ccc(OC)cc2)c2ccc(OC)cc2)[C@@H](COC)O[C@H]1n1ccc(=O)[nH]c1=O. The predicted molar refractivity (Wildman–Crippen MR) is 284 cm³/mol. The monoisotopic (exact) mass is 1160 g/mol. The van der Waals surface area contributed by atoms with Gasteiger partial charge in [-0.1, -0.05) is 54.6 Å². The van der Waals surface area contributed by atoms with Gasteiger partial charge in [0.1, 0.15) is 90.7 Å². The summed E-state index contributed by atoms with van der Waals surface area (Å²) in [5, 5.41) is 0. The number of H-pyrrole nitrogens is 2. The van der Waals surface area contributed by atoms with Crippen LogP contribution in [0.15, 0.2) is 135 Å². The lowest BCUT2D eigenvalue weighted by Crippen LogP contribution is -2.47. The van der Waals surface area contributed by atoms with Crippen molar-refractivity contribution in [2.24, 2.45) is 0 Å². The maximum atomic E-state index is 16.7. The van der Waals surface area contributed by atoms with Crippen molar-refractivity contribution in [1.29, 1.82) is 0 Å². The molecule has 0 saturated carbocycles. The fourth-order valence-electron chi connectivity index (χ4n) is 10.8. The van der Waals surface area contributed by atoms with Crippen molar-refractivity contribution in [1.82, 2.24) is 38.6 Å². The molecule has 4 aliphatic rings. The molecule has 0 bridgehead atoms. The van der Waals surface area contributed by atoms with E-state index < -0.39 is 116 Å². The van der Waals surface area contributed by atoms with Crippen LogP contribution >= 0.6 is 7.82 Å². The van der Waals surface area contributed by atoms with E-state index in [0.29, 0.717) is 39.4 Å². The molecule has 434 valence electrons. The van der Waals surface area contributed by atoms with Gasteiger partial charge in [-0.25, -0.2) is 29.1 Å². The molecule has 4 aromatic heterocycles. The topological polar surface area (TPSA) is 326 Å². The zero-order chi connectivity index (χ0) is 57.3. The van der Waals surface area contributed by atoms with Gasteiger partial charge in [0.25, 0.3) is 11.1 Å². The number of nitrogens with zero attached hydrogens (tertiary/aromatic N) is 6. The number of ether oxygens (including phenoxy) is 11. The Labute approximate surface area is 465 Å². The Kier molecular flexibility index (Phi) is 16.5. The van der Waals surface area contributed by atoms with Crippen molar-refractivity contribution in [3.63, 3.8) is 0 Å². The van der Waals surface area contributed by atoms with Crippen LogP contribution < -0.4 is 37.7 Å². The largest absolute Gasteiger partial charge is 0.497 e. The number of hydrogen-bond acceptors (Lipinski definition) is 23. The van der Waals surface area contributed by atoms with Crippen LogP contribution in [0.4, 0.5) is 5.82 Å². The van der Waals surface area contributed by atoms with Crippen molar-refractivity contribution >= 4 is 24.8 Å². The summed E-state index contributed by atoms with van der Waals surface area (Å²) in [7, 11) is 1.84. The first-order valence-electron chi connectivity index (χ1n) is 25.7. The number of aromatic nitrogens is 8. The molecule has 0 amide bonds. The van der Waals surface area contributed by atoms with Gasteiger partial charge in [0.05, 0.1) is 40.4 Å². The van der Waals surface area contributed by atoms with Gasteiger partial charge >= 0.3 is 19.2 Å². The molecule has 82 heavy (non-hydrogen) atoms. The third kappa shape index (κ3) is 10.7. The standard InChI is InChI=1S/C53H58N9O19P/c1-68-23-34-41(79-53(29-9-7-6-8-10-29,30-11-15-32(70-3)16-12-30)31-13-17-33(71-4)18-14-31)45(50(76-34)61-22-20-38(64)59-52(61)66)81-82(67,80-42-35(24-69-2)77-48(43(42)72-5)60-21-19-37(63)58-51(60)65)75-25-36-40-44(74-28-73-40)49(78-36)62-27-57-39-46(54)55-26-56-47(39)62/h6-22,26-27,34-36,40-45,48-50H,23-25,28H2,1-5H3,(H2,54,55,56)(H,58,63,65)(H,59,64,66)/t34-,35?,36-,40-,41-,42-,43-,44-,45-,48-,49-,50-,82?/m1/s1. The normalized spacial score (nSPS) is 26.9. The van der Waals surface area contributed by atoms with E-state index in [1.807, 2.05) is 54.6 Å². The highest BCUT2D eigenvalue weighted by molar-refractivity contribution is 7.48. The Morgan fingerprint density at radius 1 is 0.610 bits per heavy atom. The Morgan fingerprint density at radius 3 is 1.73 bits per heavy atom. The Morgan fingerprint density at radius 2 is 1.16 bits per heavy atom. The van der Waals surface area contributed by atoms with Gasteiger partial charge in [-0.2, -0.15) is 0 Å². The number of rotatable bonds is 22. The minimum Gasteiger partial charge on any atom is -0.497 e. The fraction of sp³-hybridized carbons (Fsp3) is 0.415. The van der Waals surface area contributed by atoms with E-state index in [9.17, 15) is 19.2 Å². The van der Waals surface area contributed by atoms with Crippen LogP contribution in [0.2, 0.25) is 0 Å². The lowest BCUT2D eigenvalue weighted by atomic mass is 9.79. The number of imidazole rings is 1. The summed E-state index contributed by atoms with van der Waals surface area (Å²) in [6.07, 6.45) is -9.81. The van der Waals surface area contributed by atoms with Crippen molar-refractivity contribution in [3.05, 3.63) is 174 Å². The number of phosphoric ester groups is 1. The highest BCUT2D eigenvalue weighted by atomic mass is 31.2. The number of nitrogens with two attached hydrogens (primary N) is 1. The summed E-state index contributed by atoms with van der Waals surface area (Å²) >= 11 is 0. The molecule has 2 unspecified atom stereocenters. The van der Waals surface area contributed by atoms with E-state index in [1.54, 1.807) is 43.1 Å². The first kappa shape index (κ1) is 56.6. The second kappa shape index (κ2) is 23.9. The van der Waals surface area contributed by atoms with Gasteiger partial charge in [-0.3, -0.25) is 46.8 Å². The number of anilines is 1. The van der Waals surface area contributed by atoms with Crippen LogP contribution in [-0.2, 0) is 66.4 Å². The summed E-state index contributed by atoms with van der Waals surface area (Å²) in [5.74, 6) is 1.20. The second-order valence-electron chi connectivity index (χ2n) is 19.3. The molecule has 7 aromatic rings. The van der Waals surface area contributed by atoms with Crippen LogP contribution in [0, 0.1) is 0 Å². The van der Waals surface area contributed by atoms with Crippen LogP contribution in [0.5, 0.6) is 11.5 Å². The molecule has 0 spiro atoms. The Balaban J connectivity index is 1.06. The highest BCUT2D eigenvalue weighted by Gasteiger charge is 2.59. The van der Waals surface area contributed by atoms with E-state index >= 15 is 4.57 Å². The second-order valence-corrected chi connectivity index (χ2v) is 20.8. The third-order valence-electron chi connectivity index (χ3n) is 14.6. The molecule has 0 radical (unpaired) electrons. The lowest BCUT2D eigenvalue weighted by Gasteiger charge is -2.40. The summed E-state index contributed by atoms with van der Waals surface area (Å²) in [4.78, 5) is 69.8. The predicted octanol–water partition coefficient (Wildman–Crippen LogP) is 2.54. The van der Waals surface area contributed by atoms with Crippen LogP contribution in [0.25, 0.3) is 11.2 Å². The average Bonchev–Trinajstić information content (AvgIpc) is 4.26. The molecule has 29 heteroatoms. The number of methoxy groups -OCH3 is 5. The van der Waals surface area contributed by atoms with Gasteiger partial charge in [-0.15, -0.1) is 0 Å². The third-order valence-corrected chi connectivity index (χ3v) is 16.1. The maximum absolute atomic E-state index is 16.7. The number of fused-ring (bicyclic) bond motifs is 2. The first-order chi connectivity index (χ1) is 39.8. The number of hydrogen-bond donors (Lipinski definition) is 3. The summed E-state index contributed by atoms with van der Waals surface area (Å²) < 4.78 is 109. The highest BCUT2D eigenvalue weighted by Crippen LogP contribution is 2.59. The van der Waals surface area contributed by atoms with Crippen LogP contribution in [0.1, 0.15) is 35.4 Å². The van der Waals surface area contributed by atoms with E-state index in [-0.39, 0.29) is 25.8 Å². The summed E-state index contributed by atoms with van der Waals surface area (Å²) in [6.45, 7) is -1.20. The van der Waals surface area contributed by atoms with Gasteiger partial charge in [0.15, 0.2) is 30.1 Å². The molecule has 13 atom stereocenters. The lowest BCUT2D eigenvalue weighted by molar-refractivity contribution is -0.122. The number of nitrogen functional groups attached to an aromatic ring is 1. The number of benzene rings is 3. The first-order valence-corrected chi connectivity index (χ1v) is 27.2. The molecule has 28 nitrogen and oxygen atoms in total. The van der Waals surface area contributed by atoms with E-state index in [4.69, 9.17) is 71.4 Å². The number of nitrogens with one attached hydrogen (secondary N) is 2. The zero-order valence-corrected chi connectivity index (χ0v) is 45.6. The van der Waals surface area contributed by atoms with Crippen LogP contribution in [0.3, 0.4) is 0 Å². The number of phosphoric acid groups is 1. The fourth-order valence-corrected chi connectivity index (χ4v) is 12.4. The minimum absolute atomic E-state index is 0.129. The van der Waals surface area contributed by atoms with Gasteiger partial charge < -0.3 is 57.8 Å². The molecule has 0 aliphatic carbocycles. The maximum Gasteiger partial charge on any atom is 0.475 e. The van der Waals surface area contributed by atoms with Gasteiger partial charge in [-0.05, 0) is 41.0 Å². The molecular formula is C53H58N9O19P. The van der Waals surface area contributed by atoms with Crippen molar-refractivity contribution < 1.29 is 70.2 Å². The molecule has 8 heterocycles. The van der Waals surface area contributed by atoms with E-state index in [0.717, 1.165) is 21.3 Å². The van der Waals surface area contributed by atoms with Crippen molar-refractivity contribution in [3.8, 4) is 11.5 Å². The molecule has 4 saturated heterocycles. The number of aromatic amines is 2. The average molecular weight is 1160 g/mol. The Bertz CT molecular complexity index is 3590. The van der Waals surface area contributed by atoms with E-state index in [1.165, 1.54) is 46.4 Å².